The first-order valence-corrected chi connectivity index (χ1v) is 7.80. The van der Waals surface area contributed by atoms with Crippen molar-refractivity contribution in [2.24, 2.45) is 5.41 Å². The Morgan fingerprint density at radius 2 is 2.19 bits per heavy atom. The first kappa shape index (κ1) is 12.9. The second-order valence-electron chi connectivity index (χ2n) is 6.97. The van der Waals surface area contributed by atoms with Gasteiger partial charge in [0.2, 0.25) is 0 Å². The van der Waals surface area contributed by atoms with Gasteiger partial charge in [-0.3, -0.25) is 0 Å². The molecule has 2 aromatic rings. The van der Waals surface area contributed by atoms with Crippen LogP contribution in [0.1, 0.15) is 61.1 Å². The second-order valence-corrected chi connectivity index (χ2v) is 6.97. The minimum absolute atomic E-state index is 0.326. The van der Waals surface area contributed by atoms with Crippen molar-refractivity contribution in [3.05, 3.63) is 29.6 Å². The van der Waals surface area contributed by atoms with E-state index in [9.17, 15) is 9.90 Å². The number of carbonyl (C=O) groups is 1. The molecule has 1 N–H and O–H groups in total. The molecule has 1 heterocycles. The largest absolute Gasteiger partial charge is 0.478 e. The minimum Gasteiger partial charge on any atom is -0.478 e. The third kappa shape index (κ3) is 2.04. The van der Waals surface area contributed by atoms with Gasteiger partial charge in [-0.2, -0.15) is 0 Å². The number of hydrogen-bond donors (Lipinski definition) is 1. The molecule has 2 saturated carbocycles. The number of nitrogens with zero attached hydrogens (tertiary/aromatic N) is 2. The van der Waals surface area contributed by atoms with Gasteiger partial charge in [0.05, 0.1) is 11.1 Å². The topological polar surface area (TPSA) is 55.1 Å². The quantitative estimate of drug-likeness (QED) is 0.929. The highest BCUT2D eigenvalue weighted by Crippen LogP contribution is 2.46. The van der Waals surface area contributed by atoms with Gasteiger partial charge in [0.1, 0.15) is 11.3 Å². The Kier molecular flexibility index (Phi) is 2.65. The van der Waals surface area contributed by atoms with Gasteiger partial charge in [-0.1, -0.05) is 19.4 Å². The lowest BCUT2D eigenvalue weighted by Crippen LogP contribution is -2.31. The molecule has 0 saturated heterocycles. The molecule has 2 aliphatic carbocycles. The fourth-order valence-corrected chi connectivity index (χ4v) is 3.48. The molecule has 0 aliphatic heterocycles. The molecule has 1 aromatic carbocycles. The van der Waals surface area contributed by atoms with Crippen molar-refractivity contribution in [1.82, 2.24) is 9.55 Å². The monoisotopic (exact) mass is 284 g/mol. The van der Waals surface area contributed by atoms with Crippen LogP contribution in [0.2, 0.25) is 0 Å². The second kappa shape index (κ2) is 4.33. The molecule has 0 spiro atoms. The number of carboxylic acids is 1. The zero-order valence-electron chi connectivity index (χ0n) is 12.3. The molecule has 21 heavy (non-hydrogen) atoms. The van der Waals surface area contributed by atoms with Crippen LogP contribution >= 0.6 is 0 Å². The van der Waals surface area contributed by atoms with Crippen LogP contribution in [-0.2, 0) is 6.54 Å². The van der Waals surface area contributed by atoms with Crippen molar-refractivity contribution >= 4 is 17.0 Å². The molecule has 0 atom stereocenters. The molecule has 110 valence electrons. The van der Waals surface area contributed by atoms with Crippen LogP contribution < -0.4 is 0 Å². The molecule has 0 unspecified atom stereocenters. The summed E-state index contributed by atoms with van der Waals surface area (Å²) in [4.78, 5) is 16.1. The number of para-hydroxylation sites is 1. The zero-order valence-corrected chi connectivity index (χ0v) is 12.3. The van der Waals surface area contributed by atoms with Crippen LogP contribution in [-0.4, -0.2) is 20.6 Å². The van der Waals surface area contributed by atoms with Crippen LogP contribution in [0.4, 0.5) is 0 Å². The number of fused-ring (bicyclic) bond motifs is 1. The van der Waals surface area contributed by atoms with E-state index < -0.39 is 5.97 Å². The van der Waals surface area contributed by atoms with Gasteiger partial charge in [-0.05, 0) is 43.2 Å². The Morgan fingerprint density at radius 3 is 2.76 bits per heavy atom. The predicted molar refractivity (Wildman–Crippen MR) is 80.6 cm³/mol. The van der Waals surface area contributed by atoms with Gasteiger partial charge in [0.15, 0.2) is 0 Å². The molecule has 2 aliphatic rings. The summed E-state index contributed by atoms with van der Waals surface area (Å²) in [5.41, 5.74) is 2.34. The van der Waals surface area contributed by atoms with Gasteiger partial charge in [-0.25, -0.2) is 9.78 Å². The molecule has 0 amide bonds. The summed E-state index contributed by atoms with van der Waals surface area (Å²) in [5, 5.41) is 9.38. The van der Waals surface area contributed by atoms with Crippen molar-refractivity contribution in [3.8, 4) is 0 Å². The van der Waals surface area contributed by atoms with Gasteiger partial charge < -0.3 is 9.67 Å². The van der Waals surface area contributed by atoms with Gasteiger partial charge in [0.25, 0.3) is 0 Å². The van der Waals surface area contributed by atoms with E-state index in [4.69, 9.17) is 4.98 Å². The third-order valence-electron chi connectivity index (χ3n) is 5.08. The van der Waals surface area contributed by atoms with E-state index in [0.717, 1.165) is 17.9 Å². The van der Waals surface area contributed by atoms with E-state index in [0.29, 0.717) is 22.4 Å². The molecule has 4 nitrogen and oxygen atoms in total. The Balaban J connectivity index is 1.88. The molecule has 2 fully saturated rings. The van der Waals surface area contributed by atoms with E-state index in [1.165, 1.54) is 32.1 Å². The molecule has 0 bridgehead atoms. The summed E-state index contributed by atoms with van der Waals surface area (Å²) >= 11 is 0. The minimum atomic E-state index is -0.887. The van der Waals surface area contributed by atoms with Crippen molar-refractivity contribution in [2.45, 2.75) is 51.5 Å². The van der Waals surface area contributed by atoms with Crippen LogP contribution in [0.5, 0.6) is 0 Å². The summed E-state index contributed by atoms with van der Waals surface area (Å²) in [5.74, 6) is 0.747. The van der Waals surface area contributed by atoms with Gasteiger partial charge in [0, 0.05) is 12.5 Å². The Hall–Kier alpha value is -1.84. The summed E-state index contributed by atoms with van der Waals surface area (Å²) < 4.78 is 2.30. The number of imidazole rings is 1. The molecule has 4 rings (SSSR count). The third-order valence-corrected chi connectivity index (χ3v) is 5.08. The Labute approximate surface area is 123 Å². The van der Waals surface area contributed by atoms with Crippen molar-refractivity contribution in [2.75, 3.05) is 0 Å². The predicted octanol–water partition coefficient (Wildman–Crippen LogP) is 3.80. The molecule has 4 heteroatoms. The standard InChI is InChI=1S/C17H20N2O2/c1-17(8-3-9-17)10-19-13-5-2-4-12(16(20)21)14(13)18-15(19)11-6-7-11/h2,4-5,11H,3,6-10H2,1H3,(H,20,21). The van der Waals surface area contributed by atoms with Crippen LogP contribution in [0.3, 0.4) is 0 Å². The van der Waals surface area contributed by atoms with E-state index in [-0.39, 0.29) is 0 Å². The highest BCUT2D eigenvalue weighted by atomic mass is 16.4. The highest BCUT2D eigenvalue weighted by molar-refractivity contribution is 6.01. The lowest BCUT2D eigenvalue weighted by atomic mass is 9.70. The van der Waals surface area contributed by atoms with Gasteiger partial charge >= 0.3 is 5.97 Å². The first-order chi connectivity index (χ1) is 10.1. The Morgan fingerprint density at radius 1 is 1.43 bits per heavy atom. The fourth-order valence-electron chi connectivity index (χ4n) is 3.48. The first-order valence-electron chi connectivity index (χ1n) is 7.80. The van der Waals surface area contributed by atoms with E-state index >= 15 is 0 Å². The Bertz CT molecular complexity index is 724. The number of carboxylic acid groups (broad SMARTS) is 1. The number of rotatable bonds is 4. The fraction of sp³-hybridized carbons (Fsp3) is 0.529. The number of benzene rings is 1. The summed E-state index contributed by atoms with van der Waals surface area (Å²) in [6.07, 6.45) is 6.19. The average molecular weight is 284 g/mol. The molecular weight excluding hydrogens is 264 g/mol. The maximum Gasteiger partial charge on any atom is 0.337 e. The molecule has 1 aromatic heterocycles. The van der Waals surface area contributed by atoms with Crippen molar-refractivity contribution in [3.63, 3.8) is 0 Å². The normalized spacial score (nSPS) is 20.4. The van der Waals surface area contributed by atoms with Crippen molar-refractivity contribution < 1.29 is 9.90 Å². The van der Waals surface area contributed by atoms with Crippen LogP contribution in [0, 0.1) is 5.41 Å². The zero-order chi connectivity index (χ0) is 14.6. The van der Waals surface area contributed by atoms with Crippen LogP contribution in [0.25, 0.3) is 11.0 Å². The van der Waals surface area contributed by atoms with E-state index in [1.54, 1.807) is 6.07 Å². The van der Waals surface area contributed by atoms with E-state index in [1.807, 2.05) is 12.1 Å². The maximum absolute atomic E-state index is 11.4. The lowest BCUT2D eigenvalue weighted by molar-refractivity contribution is 0.0699. The number of aromatic carboxylic acids is 1. The lowest BCUT2D eigenvalue weighted by Gasteiger charge is -2.39. The number of aromatic nitrogens is 2. The smallest absolute Gasteiger partial charge is 0.337 e. The van der Waals surface area contributed by atoms with Crippen LogP contribution in [0.15, 0.2) is 18.2 Å². The highest BCUT2D eigenvalue weighted by Gasteiger charge is 2.36. The molecule has 0 radical (unpaired) electrons. The van der Waals surface area contributed by atoms with E-state index in [2.05, 4.69) is 11.5 Å². The number of hydrogen-bond acceptors (Lipinski definition) is 2. The summed E-state index contributed by atoms with van der Waals surface area (Å²) in [7, 11) is 0. The van der Waals surface area contributed by atoms with Gasteiger partial charge in [-0.15, -0.1) is 0 Å². The maximum atomic E-state index is 11.4. The summed E-state index contributed by atoms with van der Waals surface area (Å²) in [6.45, 7) is 3.30. The van der Waals surface area contributed by atoms with Crippen molar-refractivity contribution in [1.29, 1.82) is 0 Å². The average Bonchev–Trinajstić information content (AvgIpc) is 3.20. The SMILES string of the molecule is CC1(Cn2c(C3CC3)nc3c(C(=O)O)cccc32)CCC1. The summed E-state index contributed by atoms with van der Waals surface area (Å²) in [6, 6.07) is 5.51. The molecular formula is C17H20N2O2.